The van der Waals surface area contributed by atoms with E-state index < -0.39 is 0 Å². The van der Waals surface area contributed by atoms with Crippen LogP contribution in [0.1, 0.15) is 36.0 Å². The van der Waals surface area contributed by atoms with Gasteiger partial charge >= 0.3 is 0 Å². The van der Waals surface area contributed by atoms with E-state index in [1.54, 1.807) is 0 Å². The van der Waals surface area contributed by atoms with Crippen LogP contribution in [0.4, 0.5) is 0 Å². The number of halogens is 2. The first-order valence-electron chi connectivity index (χ1n) is 8.61. The van der Waals surface area contributed by atoms with Gasteiger partial charge in [-0.2, -0.15) is 0 Å². The van der Waals surface area contributed by atoms with Gasteiger partial charge in [0.2, 0.25) is 0 Å². The summed E-state index contributed by atoms with van der Waals surface area (Å²) < 4.78 is 0. The molecule has 2 aliphatic rings. The van der Waals surface area contributed by atoms with Crippen LogP contribution in [0.2, 0.25) is 5.02 Å². The lowest BCUT2D eigenvalue weighted by molar-refractivity contribution is 0.0924. The van der Waals surface area contributed by atoms with E-state index in [9.17, 15) is 4.79 Å². The Morgan fingerprint density at radius 1 is 1.00 bits per heavy atom. The predicted molar refractivity (Wildman–Crippen MR) is 105 cm³/mol. The van der Waals surface area contributed by atoms with Crippen molar-refractivity contribution >= 4 is 29.9 Å². The standard InChI is InChI=1S/C20H21ClN2O.ClH/c21-19-9-6-14(13-4-2-1-3-5-13)10-18(19)20(24)23-17-11-15-7-8-16(12-17)22-15;/h1-6,9-10,15-17,22H,7-8,11-12H2,(H,23,24);1H. The number of benzene rings is 2. The summed E-state index contributed by atoms with van der Waals surface area (Å²) in [7, 11) is 0. The Hall–Kier alpha value is -1.55. The topological polar surface area (TPSA) is 41.1 Å². The molecule has 25 heavy (non-hydrogen) atoms. The number of hydrogen-bond acceptors (Lipinski definition) is 2. The quantitative estimate of drug-likeness (QED) is 0.830. The van der Waals surface area contributed by atoms with Crippen LogP contribution in [-0.2, 0) is 0 Å². The minimum absolute atomic E-state index is 0. The van der Waals surface area contributed by atoms with Crippen LogP contribution in [0, 0.1) is 0 Å². The van der Waals surface area contributed by atoms with Gasteiger partial charge < -0.3 is 10.6 Å². The first kappa shape index (κ1) is 18.2. The molecule has 2 unspecified atom stereocenters. The Morgan fingerprint density at radius 2 is 1.68 bits per heavy atom. The monoisotopic (exact) mass is 376 g/mol. The number of hydrogen-bond donors (Lipinski definition) is 2. The number of rotatable bonds is 3. The van der Waals surface area contributed by atoms with Crippen LogP contribution < -0.4 is 10.6 Å². The van der Waals surface area contributed by atoms with E-state index in [1.165, 1.54) is 12.8 Å². The molecule has 0 aromatic heterocycles. The van der Waals surface area contributed by atoms with Gasteiger partial charge in [-0.15, -0.1) is 12.4 Å². The minimum Gasteiger partial charge on any atom is -0.349 e. The third-order valence-corrected chi connectivity index (χ3v) is 5.46. The minimum atomic E-state index is -0.0657. The van der Waals surface area contributed by atoms with E-state index in [0.717, 1.165) is 24.0 Å². The molecule has 2 aliphatic heterocycles. The Morgan fingerprint density at radius 3 is 2.36 bits per heavy atom. The van der Waals surface area contributed by atoms with Crippen LogP contribution in [-0.4, -0.2) is 24.0 Å². The average Bonchev–Trinajstić information content (AvgIpc) is 2.94. The second-order valence-electron chi connectivity index (χ2n) is 6.84. The van der Waals surface area contributed by atoms with Crippen LogP contribution in [0.25, 0.3) is 11.1 Å². The maximum Gasteiger partial charge on any atom is 0.253 e. The fourth-order valence-electron chi connectivity index (χ4n) is 3.95. The number of nitrogens with one attached hydrogen (secondary N) is 2. The molecule has 5 heteroatoms. The van der Waals surface area contributed by atoms with Gasteiger partial charge in [0.05, 0.1) is 10.6 Å². The average molecular weight is 377 g/mol. The summed E-state index contributed by atoms with van der Waals surface area (Å²) in [5.41, 5.74) is 2.66. The molecule has 1 amide bonds. The summed E-state index contributed by atoms with van der Waals surface area (Å²) in [6.07, 6.45) is 4.47. The number of piperidine rings is 1. The van der Waals surface area contributed by atoms with E-state index in [2.05, 4.69) is 10.6 Å². The molecule has 3 nitrogen and oxygen atoms in total. The molecule has 2 fully saturated rings. The van der Waals surface area contributed by atoms with E-state index in [1.807, 2.05) is 48.5 Å². The Balaban J connectivity index is 0.00000182. The molecule has 0 spiro atoms. The second-order valence-corrected chi connectivity index (χ2v) is 7.25. The number of fused-ring (bicyclic) bond motifs is 2. The lowest BCUT2D eigenvalue weighted by Gasteiger charge is -2.29. The van der Waals surface area contributed by atoms with Gasteiger partial charge in [0.1, 0.15) is 0 Å². The number of carbonyl (C=O) groups excluding carboxylic acids is 1. The van der Waals surface area contributed by atoms with Crippen LogP contribution in [0.15, 0.2) is 48.5 Å². The molecular weight excluding hydrogens is 355 g/mol. The molecule has 0 radical (unpaired) electrons. The molecule has 4 rings (SSSR count). The van der Waals surface area contributed by atoms with Gasteiger partial charge in [-0.05, 0) is 48.9 Å². The molecule has 2 heterocycles. The Kier molecular flexibility index (Phi) is 5.67. The summed E-state index contributed by atoms with van der Waals surface area (Å²) in [6.45, 7) is 0. The summed E-state index contributed by atoms with van der Waals surface area (Å²) in [6, 6.07) is 17.1. The maximum absolute atomic E-state index is 12.7. The molecule has 2 saturated heterocycles. The molecular formula is C20H22Cl2N2O. The van der Waals surface area contributed by atoms with Gasteiger partial charge in [0.25, 0.3) is 5.91 Å². The molecule has 132 valence electrons. The molecule has 2 aromatic rings. The third kappa shape index (κ3) is 4.00. The molecule has 2 bridgehead atoms. The maximum atomic E-state index is 12.7. The predicted octanol–water partition coefficient (Wildman–Crippen LogP) is 4.44. The van der Waals surface area contributed by atoms with Gasteiger partial charge in [0, 0.05) is 18.1 Å². The van der Waals surface area contributed by atoms with E-state index >= 15 is 0 Å². The van der Waals surface area contributed by atoms with Crippen molar-refractivity contribution in [3.63, 3.8) is 0 Å². The SMILES string of the molecule is Cl.O=C(NC1CC2CCC(C1)N2)c1cc(-c2ccccc2)ccc1Cl. The van der Waals surface area contributed by atoms with Crippen molar-refractivity contribution in [1.29, 1.82) is 0 Å². The van der Waals surface area contributed by atoms with Gasteiger partial charge in [-0.3, -0.25) is 4.79 Å². The van der Waals surface area contributed by atoms with Gasteiger partial charge in [-0.1, -0.05) is 48.0 Å². The Bertz CT molecular complexity index is 739. The summed E-state index contributed by atoms with van der Waals surface area (Å²) in [5, 5.41) is 7.29. The van der Waals surface area contributed by atoms with Crippen molar-refractivity contribution < 1.29 is 4.79 Å². The lowest BCUT2D eigenvalue weighted by Crippen LogP contribution is -2.48. The summed E-state index contributed by atoms with van der Waals surface area (Å²) in [4.78, 5) is 12.7. The fourth-order valence-corrected chi connectivity index (χ4v) is 4.15. The zero-order valence-corrected chi connectivity index (χ0v) is 15.4. The van der Waals surface area contributed by atoms with E-state index in [-0.39, 0.29) is 24.4 Å². The van der Waals surface area contributed by atoms with Crippen molar-refractivity contribution in [1.82, 2.24) is 10.6 Å². The normalized spacial score (nSPS) is 24.4. The van der Waals surface area contributed by atoms with Crippen molar-refractivity contribution in [3.05, 3.63) is 59.1 Å². The lowest BCUT2D eigenvalue weighted by atomic mass is 9.98. The third-order valence-electron chi connectivity index (χ3n) is 5.13. The molecule has 2 aromatic carbocycles. The second kappa shape index (κ2) is 7.77. The zero-order valence-electron chi connectivity index (χ0n) is 13.9. The van der Waals surface area contributed by atoms with E-state index in [0.29, 0.717) is 22.7 Å². The summed E-state index contributed by atoms with van der Waals surface area (Å²) >= 11 is 6.29. The zero-order chi connectivity index (χ0) is 16.5. The van der Waals surface area contributed by atoms with Gasteiger partial charge in [0.15, 0.2) is 0 Å². The highest BCUT2D eigenvalue weighted by Gasteiger charge is 2.34. The largest absolute Gasteiger partial charge is 0.349 e. The highest BCUT2D eigenvalue weighted by molar-refractivity contribution is 6.34. The first-order valence-corrected chi connectivity index (χ1v) is 8.99. The van der Waals surface area contributed by atoms with E-state index in [4.69, 9.17) is 11.6 Å². The highest BCUT2D eigenvalue weighted by Crippen LogP contribution is 2.28. The fraction of sp³-hybridized carbons (Fsp3) is 0.350. The van der Waals surface area contributed by atoms with Crippen LogP contribution >= 0.6 is 24.0 Å². The molecule has 0 aliphatic carbocycles. The molecule has 0 saturated carbocycles. The van der Waals surface area contributed by atoms with Gasteiger partial charge in [-0.25, -0.2) is 0 Å². The highest BCUT2D eigenvalue weighted by atomic mass is 35.5. The first-order chi connectivity index (χ1) is 11.7. The Labute approximate surface area is 159 Å². The number of carbonyl (C=O) groups is 1. The molecule has 2 atom stereocenters. The van der Waals surface area contributed by atoms with Crippen molar-refractivity contribution in [2.75, 3.05) is 0 Å². The van der Waals surface area contributed by atoms with Crippen LogP contribution in [0.3, 0.4) is 0 Å². The summed E-state index contributed by atoms with van der Waals surface area (Å²) in [5.74, 6) is -0.0657. The molecule has 2 N–H and O–H groups in total. The van der Waals surface area contributed by atoms with Crippen molar-refractivity contribution in [2.45, 2.75) is 43.8 Å². The van der Waals surface area contributed by atoms with Crippen LogP contribution in [0.5, 0.6) is 0 Å². The van der Waals surface area contributed by atoms with Crippen molar-refractivity contribution in [2.24, 2.45) is 0 Å². The van der Waals surface area contributed by atoms with Crippen molar-refractivity contribution in [3.8, 4) is 11.1 Å². The smallest absolute Gasteiger partial charge is 0.253 e. The number of amides is 1.